The fourth-order valence-corrected chi connectivity index (χ4v) is 3.43. The van der Waals surface area contributed by atoms with Crippen molar-refractivity contribution >= 4 is 34.6 Å². The van der Waals surface area contributed by atoms with Gasteiger partial charge in [-0.25, -0.2) is 9.59 Å². The lowest BCUT2D eigenvalue weighted by molar-refractivity contribution is -0.134. The van der Waals surface area contributed by atoms with Gasteiger partial charge in [0.1, 0.15) is 0 Å². The first kappa shape index (κ1) is 27.7. The number of hydrogen-bond donors (Lipinski definition) is 4. The molecule has 4 aromatic rings. The largest absolute Gasteiger partial charge is 0.478 e. The highest BCUT2D eigenvalue weighted by atomic mass is 16.4. The van der Waals surface area contributed by atoms with Crippen LogP contribution in [0.15, 0.2) is 73.2 Å². The molecule has 0 bridgehead atoms. The number of rotatable bonds is 9. The second-order valence-electron chi connectivity index (χ2n) is 8.48. The van der Waals surface area contributed by atoms with E-state index in [1.165, 1.54) is 0 Å². The first-order chi connectivity index (χ1) is 18.2. The smallest absolute Gasteiger partial charge is 0.328 e. The molecule has 0 radical (unpaired) electrons. The Kier molecular flexibility index (Phi) is 9.78. The molecule has 0 atom stereocenters. The van der Waals surface area contributed by atoms with Crippen LogP contribution in [0.5, 0.6) is 0 Å². The van der Waals surface area contributed by atoms with Gasteiger partial charge in [-0.1, -0.05) is 30.3 Å². The third-order valence-corrected chi connectivity index (χ3v) is 5.22. The lowest BCUT2D eigenvalue weighted by atomic mass is 10.0. The van der Waals surface area contributed by atoms with Gasteiger partial charge in [-0.3, -0.25) is 19.9 Å². The molecule has 0 unspecified atom stereocenters. The number of amides is 1. The number of benzene rings is 1. The fraction of sp³-hybridized carbons (Fsp3) is 0.185. The standard InChI is InChI=1S/C23H24N6O.C4H4O4/c1-29(2)10-6-9-22(30)26-23-19-12-20(25-15-21(19)27-28-23)18-11-17(13-24-14-18)16-7-4-3-5-8-16;5-3(6)1-2-4(7)8/h3-5,7-8,11-15H,6,9-10H2,1-2H3,(H2,26,27,28,30);1-2H,(H,5,6)(H,7,8)/b;2-1-. The summed E-state index contributed by atoms with van der Waals surface area (Å²) in [6.45, 7) is 0.869. The first-order valence-electron chi connectivity index (χ1n) is 11.7. The summed E-state index contributed by atoms with van der Waals surface area (Å²) in [4.78, 5) is 42.4. The number of carboxylic acid groups (broad SMARTS) is 2. The number of pyridine rings is 2. The van der Waals surface area contributed by atoms with Crippen LogP contribution in [0.25, 0.3) is 33.3 Å². The summed E-state index contributed by atoms with van der Waals surface area (Å²) in [6.07, 6.45) is 7.73. The van der Waals surface area contributed by atoms with Gasteiger partial charge >= 0.3 is 11.9 Å². The maximum atomic E-state index is 12.3. The lowest BCUT2D eigenvalue weighted by Crippen LogP contribution is -2.17. The number of nitrogens with one attached hydrogen (secondary N) is 2. The van der Waals surface area contributed by atoms with Gasteiger partial charge in [-0.2, -0.15) is 5.10 Å². The predicted molar refractivity (Wildman–Crippen MR) is 143 cm³/mol. The molecule has 1 amide bonds. The Morgan fingerprint density at radius 2 is 1.63 bits per heavy atom. The van der Waals surface area contributed by atoms with E-state index in [1.54, 1.807) is 12.4 Å². The molecule has 0 saturated heterocycles. The van der Waals surface area contributed by atoms with Gasteiger partial charge in [0, 0.05) is 47.5 Å². The van der Waals surface area contributed by atoms with Crippen molar-refractivity contribution in [3.05, 3.63) is 73.2 Å². The topological polar surface area (TPSA) is 161 Å². The number of carbonyl (C=O) groups excluding carboxylic acids is 1. The van der Waals surface area contributed by atoms with Crippen LogP contribution in [0, 0.1) is 0 Å². The lowest BCUT2D eigenvalue weighted by Gasteiger charge is -2.08. The number of carboxylic acids is 2. The van der Waals surface area contributed by atoms with Crippen molar-refractivity contribution in [2.24, 2.45) is 0 Å². The highest BCUT2D eigenvalue weighted by Gasteiger charge is 2.12. The van der Waals surface area contributed by atoms with Crippen LogP contribution in [0.3, 0.4) is 0 Å². The number of aliphatic carboxylic acids is 2. The molecule has 0 aliphatic carbocycles. The van der Waals surface area contributed by atoms with Crippen LogP contribution >= 0.6 is 0 Å². The highest BCUT2D eigenvalue weighted by Crippen LogP contribution is 2.28. The van der Waals surface area contributed by atoms with Gasteiger partial charge in [0.15, 0.2) is 5.82 Å². The van der Waals surface area contributed by atoms with Crippen molar-refractivity contribution in [3.8, 4) is 22.4 Å². The van der Waals surface area contributed by atoms with E-state index in [0.717, 1.165) is 46.3 Å². The van der Waals surface area contributed by atoms with E-state index < -0.39 is 11.9 Å². The average Bonchev–Trinajstić information content (AvgIpc) is 3.30. The molecule has 0 fully saturated rings. The van der Waals surface area contributed by atoms with Crippen LogP contribution in [-0.2, 0) is 14.4 Å². The SMILES string of the molecule is CN(C)CCCC(=O)Nc1n[nH]c2cnc(-c3cncc(-c4ccccc4)c3)cc12.O=C(O)/C=C\C(=O)O. The van der Waals surface area contributed by atoms with Crippen molar-refractivity contribution in [3.63, 3.8) is 0 Å². The predicted octanol–water partition coefficient (Wildman–Crippen LogP) is 3.68. The third-order valence-electron chi connectivity index (χ3n) is 5.22. The molecule has 0 aliphatic rings. The quantitative estimate of drug-likeness (QED) is 0.243. The Morgan fingerprint density at radius 3 is 2.29 bits per heavy atom. The molecule has 11 heteroatoms. The Balaban J connectivity index is 0.000000436. The molecule has 0 aliphatic heterocycles. The van der Waals surface area contributed by atoms with Crippen molar-refractivity contribution in [2.45, 2.75) is 12.8 Å². The minimum absolute atomic E-state index is 0.0450. The highest BCUT2D eigenvalue weighted by molar-refractivity contribution is 6.00. The number of aromatic amines is 1. The van der Waals surface area contributed by atoms with E-state index in [0.29, 0.717) is 24.4 Å². The molecular weight excluding hydrogens is 488 g/mol. The summed E-state index contributed by atoms with van der Waals surface area (Å²) in [6, 6.07) is 14.1. The van der Waals surface area contributed by atoms with Crippen LogP contribution in [0.4, 0.5) is 5.82 Å². The van der Waals surface area contributed by atoms with Gasteiger partial charge in [-0.05, 0) is 44.8 Å². The Morgan fingerprint density at radius 1 is 0.947 bits per heavy atom. The Hall–Kier alpha value is -4.90. The second kappa shape index (κ2) is 13.4. The average molecular weight is 517 g/mol. The zero-order valence-corrected chi connectivity index (χ0v) is 21.0. The minimum atomic E-state index is -1.26. The molecule has 38 heavy (non-hydrogen) atoms. The summed E-state index contributed by atoms with van der Waals surface area (Å²) < 4.78 is 0. The summed E-state index contributed by atoms with van der Waals surface area (Å²) in [5, 5.41) is 26.5. The molecular formula is C27H28N6O5. The van der Waals surface area contributed by atoms with E-state index >= 15 is 0 Å². The van der Waals surface area contributed by atoms with Crippen LogP contribution in [0.1, 0.15) is 12.8 Å². The molecule has 0 saturated carbocycles. The summed E-state index contributed by atoms with van der Waals surface area (Å²) >= 11 is 0. The number of nitrogens with zero attached hydrogens (tertiary/aromatic N) is 4. The molecule has 11 nitrogen and oxygen atoms in total. The molecule has 196 valence electrons. The normalized spacial score (nSPS) is 10.8. The van der Waals surface area contributed by atoms with Gasteiger partial charge in [0.05, 0.1) is 17.4 Å². The van der Waals surface area contributed by atoms with E-state index in [4.69, 9.17) is 10.2 Å². The van der Waals surface area contributed by atoms with Gasteiger partial charge in [0.2, 0.25) is 5.91 Å². The molecule has 4 rings (SSSR count). The van der Waals surface area contributed by atoms with Gasteiger partial charge in [-0.15, -0.1) is 0 Å². The van der Waals surface area contributed by atoms with E-state index in [1.807, 2.05) is 44.6 Å². The molecule has 1 aromatic carbocycles. The number of carbonyl (C=O) groups is 3. The maximum Gasteiger partial charge on any atom is 0.328 e. The number of aromatic nitrogens is 4. The number of fused-ring (bicyclic) bond motifs is 1. The van der Waals surface area contributed by atoms with Crippen molar-refractivity contribution in [1.29, 1.82) is 0 Å². The minimum Gasteiger partial charge on any atom is -0.478 e. The van der Waals surface area contributed by atoms with Crippen molar-refractivity contribution in [1.82, 2.24) is 25.1 Å². The maximum absolute atomic E-state index is 12.3. The summed E-state index contributed by atoms with van der Waals surface area (Å²) in [7, 11) is 3.99. The number of H-pyrrole nitrogens is 1. The molecule has 0 spiro atoms. The first-order valence-corrected chi connectivity index (χ1v) is 11.7. The fourth-order valence-electron chi connectivity index (χ4n) is 3.43. The summed E-state index contributed by atoms with van der Waals surface area (Å²) in [5.41, 5.74) is 4.58. The van der Waals surface area contributed by atoms with E-state index in [2.05, 4.69) is 48.6 Å². The van der Waals surface area contributed by atoms with Crippen LogP contribution in [0.2, 0.25) is 0 Å². The van der Waals surface area contributed by atoms with Crippen molar-refractivity contribution < 1.29 is 24.6 Å². The number of anilines is 1. The van der Waals surface area contributed by atoms with Crippen LogP contribution in [-0.4, -0.2) is 73.8 Å². The molecule has 3 heterocycles. The van der Waals surface area contributed by atoms with E-state index in [9.17, 15) is 14.4 Å². The summed E-state index contributed by atoms with van der Waals surface area (Å²) in [5.74, 6) is -2.04. The monoisotopic (exact) mass is 516 g/mol. The molecule has 3 aromatic heterocycles. The third kappa shape index (κ3) is 8.35. The zero-order chi connectivity index (χ0) is 27.5. The van der Waals surface area contributed by atoms with Gasteiger partial charge in [0.25, 0.3) is 0 Å². The van der Waals surface area contributed by atoms with Gasteiger partial charge < -0.3 is 20.4 Å². The van der Waals surface area contributed by atoms with Crippen LogP contribution < -0.4 is 5.32 Å². The van der Waals surface area contributed by atoms with E-state index in [-0.39, 0.29) is 5.91 Å². The second-order valence-corrected chi connectivity index (χ2v) is 8.48. The molecule has 4 N–H and O–H groups in total. The Labute approximate surface area is 218 Å². The number of hydrogen-bond acceptors (Lipinski definition) is 7. The van der Waals surface area contributed by atoms with Crippen molar-refractivity contribution in [2.75, 3.05) is 26.0 Å². The zero-order valence-electron chi connectivity index (χ0n) is 21.0. The Bertz CT molecular complexity index is 1420.